The van der Waals surface area contributed by atoms with Crippen molar-refractivity contribution in [1.29, 1.82) is 0 Å². The predicted octanol–water partition coefficient (Wildman–Crippen LogP) is 3.53. The molecule has 0 spiro atoms. The molecule has 0 saturated carbocycles. The van der Waals surface area contributed by atoms with Crippen molar-refractivity contribution in [2.75, 3.05) is 13.1 Å². The van der Waals surface area contributed by atoms with Crippen molar-refractivity contribution in [2.45, 2.75) is 31.2 Å². The van der Waals surface area contributed by atoms with Crippen molar-refractivity contribution in [3.8, 4) is 5.75 Å². The van der Waals surface area contributed by atoms with Gasteiger partial charge in [0.15, 0.2) is 0 Å². The normalized spacial score (nSPS) is 22.1. The second-order valence-electron chi connectivity index (χ2n) is 8.71. The number of nitrogens with zero attached hydrogens (tertiary/aromatic N) is 2. The third-order valence-corrected chi connectivity index (χ3v) is 6.77. The van der Waals surface area contributed by atoms with Crippen LogP contribution in [0, 0.1) is 5.92 Å². The lowest BCUT2D eigenvalue weighted by molar-refractivity contribution is -0.133. The Balaban J connectivity index is 1.45. The zero-order valence-corrected chi connectivity index (χ0v) is 17.4. The van der Waals surface area contributed by atoms with Crippen LogP contribution in [0.2, 0.25) is 0 Å². The van der Waals surface area contributed by atoms with E-state index in [9.17, 15) is 14.7 Å². The minimum atomic E-state index is 0.0291. The molecule has 5 heteroatoms. The van der Waals surface area contributed by atoms with Gasteiger partial charge in [-0.15, -0.1) is 0 Å². The molecule has 2 aliphatic heterocycles. The Kier molecular flexibility index (Phi) is 5.10. The van der Waals surface area contributed by atoms with E-state index in [0.29, 0.717) is 18.7 Å². The number of benzene rings is 2. The zero-order chi connectivity index (χ0) is 21.4. The van der Waals surface area contributed by atoms with E-state index < -0.39 is 0 Å². The molecular weight excluding hydrogens is 388 g/mol. The number of hydrogen-bond acceptors (Lipinski definition) is 3. The molecule has 5 nitrogen and oxygen atoms in total. The van der Waals surface area contributed by atoms with Gasteiger partial charge in [0.2, 0.25) is 5.91 Å². The quantitative estimate of drug-likeness (QED) is 0.711. The highest BCUT2D eigenvalue weighted by Crippen LogP contribution is 2.42. The van der Waals surface area contributed by atoms with Gasteiger partial charge in [-0.2, -0.15) is 0 Å². The van der Waals surface area contributed by atoms with Crippen LogP contribution in [0.3, 0.4) is 0 Å². The van der Waals surface area contributed by atoms with E-state index >= 15 is 0 Å². The summed E-state index contributed by atoms with van der Waals surface area (Å²) in [6, 6.07) is 22.8. The number of carbonyl (C=O) groups excluding carboxylic acids is 1. The molecule has 1 amide bonds. The van der Waals surface area contributed by atoms with Gasteiger partial charge in [0.05, 0.1) is 6.42 Å². The van der Waals surface area contributed by atoms with Gasteiger partial charge in [-0.1, -0.05) is 54.6 Å². The number of aromatic hydroxyl groups is 1. The number of likely N-dealkylation sites (tertiary alicyclic amines) is 1. The number of carbonyl (C=O) groups is 1. The second kappa shape index (κ2) is 8.06. The first-order valence-corrected chi connectivity index (χ1v) is 10.9. The molecule has 3 heterocycles. The van der Waals surface area contributed by atoms with Crippen LogP contribution in [0.25, 0.3) is 0 Å². The fraction of sp³-hybridized carbons (Fsp3) is 0.308. The molecule has 31 heavy (non-hydrogen) atoms. The summed E-state index contributed by atoms with van der Waals surface area (Å²) in [5, 5.41) is 10.1. The highest BCUT2D eigenvalue weighted by Gasteiger charge is 2.41. The van der Waals surface area contributed by atoms with Gasteiger partial charge < -0.3 is 14.6 Å². The Labute approximate surface area is 181 Å². The lowest BCUT2D eigenvalue weighted by atomic mass is 9.76. The minimum Gasteiger partial charge on any atom is -0.508 e. The molecule has 2 bridgehead atoms. The number of fused-ring (bicyclic) bond motifs is 4. The molecule has 1 aromatic heterocycles. The van der Waals surface area contributed by atoms with Gasteiger partial charge in [-0.25, -0.2) is 0 Å². The van der Waals surface area contributed by atoms with Crippen LogP contribution in [0.5, 0.6) is 5.75 Å². The van der Waals surface area contributed by atoms with E-state index in [2.05, 4.69) is 12.1 Å². The molecule has 0 radical (unpaired) electrons. The Morgan fingerprint density at radius 2 is 1.71 bits per heavy atom. The highest BCUT2D eigenvalue weighted by molar-refractivity contribution is 5.79. The van der Waals surface area contributed by atoms with Crippen molar-refractivity contribution in [3.63, 3.8) is 0 Å². The van der Waals surface area contributed by atoms with E-state index in [1.807, 2.05) is 45.9 Å². The summed E-state index contributed by atoms with van der Waals surface area (Å²) in [5.74, 6) is 0.571. The van der Waals surface area contributed by atoms with E-state index in [4.69, 9.17) is 0 Å². The van der Waals surface area contributed by atoms with Gasteiger partial charge in [-0.3, -0.25) is 9.59 Å². The fourth-order valence-electron chi connectivity index (χ4n) is 5.30. The number of piperidine rings is 1. The Bertz CT molecular complexity index is 1150. The molecule has 5 rings (SSSR count). The zero-order valence-electron chi connectivity index (χ0n) is 17.4. The standard InChI is InChI=1S/C26H26N2O3/c29-24-11-5-4-9-19(24)15-26(31)27-16-20-14-21(17-27)23(13-18-7-2-1-3-8-18)28-22(20)10-6-12-25(28)30/h1-12,20-21,23,29H,13-17H2/t20-,21+,23+/m1/s1. The summed E-state index contributed by atoms with van der Waals surface area (Å²) in [6.07, 6.45) is 1.95. The molecule has 1 saturated heterocycles. The van der Waals surface area contributed by atoms with Crippen molar-refractivity contribution in [2.24, 2.45) is 5.92 Å². The Morgan fingerprint density at radius 3 is 2.52 bits per heavy atom. The van der Waals surface area contributed by atoms with E-state index in [-0.39, 0.29) is 41.5 Å². The largest absolute Gasteiger partial charge is 0.508 e. The lowest BCUT2D eigenvalue weighted by Gasteiger charge is -2.47. The number of aromatic nitrogens is 1. The number of amides is 1. The molecule has 1 N–H and O–H groups in total. The summed E-state index contributed by atoms with van der Waals surface area (Å²) < 4.78 is 1.98. The van der Waals surface area contributed by atoms with Crippen LogP contribution < -0.4 is 5.56 Å². The summed E-state index contributed by atoms with van der Waals surface area (Å²) in [4.78, 5) is 27.9. The van der Waals surface area contributed by atoms with E-state index in [1.54, 1.807) is 24.3 Å². The Morgan fingerprint density at radius 1 is 0.935 bits per heavy atom. The van der Waals surface area contributed by atoms with Crippen molar-refractivity contribution >= 4 is 5.91 Å². The topological polar surface area (TPSA) is 62.5 Å². The maximum absolute atomic E-state index is 13.1. The monoisotopic (exact) mass is 414 g/mol. The molecule has 3 atom stereocenters. The third kappa shape index (κ3) is 3.76. The smallest absolute Gasteiger partial charge is 0.251 e. The van der Waals surface area contributed by atoms with Gasteiger partial charge in [0.1, 0.15) is 5.75 Å². The number of para-hydroxylation sites is 1. The van der Waals surface area contributed by atoms with Crippen LogP contribution >= 0.6 is 0 Å². The Hall–Kier alpha value is -3.34. The number of rotatable bonds is 4. The minimum absolute atomic E-state index is 0.0291. The third-order valence-electron chi connectivity index (χ3n) is 6.77. The van der Waals surface area contributed by atoms with Crippen molar-refractivity contribution in [3.05, 3.63) is 100.0 Å². The molecule has 158 valence electrons. The van der Waals surface area contributed by atoms with Crippen LogP contribution in [0.4, 0.5) is 0 Å². The average molecular weight is 415 g/mol. The number of hydrogen-bond donors (Lipinski definition) is 1. The average Bonchev–Trinajstić information content (AvgIpc) is 2.79. The predicted molar refractivity (Wildman–Crippen MR) is 119 cm³/mol. The molecule has 0 unspecified atom stereocenters. The lowest BCUT2D eigenvalue weighted by Crippen LogP contribution is -2.51. The van der Waals surface area contributed by atoms with E-state index in [1.165, 1.54) is 5.56 Å². The van der Waals surface area contributed by atoms with Gasteiger partial charge in [0.25, 0.3) is 5.56 Å². The highest BCUT2D eigenvalue weighted by atomic mass is 16.3. The first kappa shape index (κ1) is 19.6. The number of pyridine rings is 1. The molecule has 0 aliphatic carbocycles. The molecular formula is C26H26N2O3. The van der Waals surface area contributed by atoms with Crippen LogP contribution in [-0.2, 0) is 17.6 Å². The van der Waals surface area contributed by atoms with Gasteiger partial charge in [0, 0.05) is 42.4 Å². The number of phenols is 1. The summed E-state index contributed by atoms with van der Waals surface area (Å²) in [5.41, 5.74) is 2.93. The molecule has 1 fully saturated rings. The summed E-state index contributed by atoms with van der Waals surface area (Å²) in [7, 11) is 0. The van der Waals surface area contributed by atoms with Gasteiger partial charge >= 0.3 is 0 Å². The second-order valence-corrected chi connectivity index (χ2v) is 8.71. The maximum atomic E-state index is 13.1. The molecule has 2 aromatic carbocycles. The summed E-state index contributed by atoms with van der Waals surface area (Å²) in [6.45, 7) is 1.26. The SMILES string of the molecule is O=C(Cc1ccccc1O)N1C[C@H]2C[C@@H](C1)[C@H](Cc1ccccc1)n1c2cccc1=O. The van der Waals surface area contributed by atoms with Gasteiger partial charge in [-0.05, 0) is 36.5 Å². The van der Waals surface area contributed by atoms with Crippen LogP contribution in [0.1, 0.15) is 35.2 Å². The van der Waals surface area contributed by atoms with Crippen LogP contribution in [0.15, 0.2) is 77.6 Å². The molecule has 2 aliphatic rings. The summed E-state index contributed by atoms with van der Waals surface area (Å²) >= 11 is 0. The van der Waals surface area contributed by atoms with Crippen LogP contribution in [-0.4, -0.2) is 33.6 Å². The van der Waals surface area contributed by atoms with Crippen molar-refractivity contribution in [1.82, 2.24) is 9.47 Å². The molecule has 3 aromatic rings. The van der Waals surface area contributed by atoms with E-state index in [0.717, 1.165) is 18.5 Å². The number of phenolic OH excluding ortho intramolecular Hbond substituents is 1. The first-order valence-electron chi connectivity index (χ1n) is 10.9. The van der Waals surface area contributed by atoms with Crippen molar-refractivity contribution < 1.29 is 9.90 Å². The fourth-order valence-corrected chi connectivity index (χ4v) is 5.30. The maximum Gasteiger partial charge on any atom is 0.251 e. The first-order chi connectivity index (χ1) is 15.1.